The topological polar surface area (TPSA) is 0 Å². The first-order chi connectivity index (χ1) is 1.41. The van der Waals surface area contributed by atoms with Crippen molar-refractivity contribution in [2.24, 2.45) is 0 Å². The summed E-state index contributed by atoms with van der Waals surface area (Å²) in [4.78, 5) is 0. The van der Waals surface area contributed by atoms with E-state index in [-0.39, 0.29) is 27.0 Å². The molecular weight excluding hydrogens is 167 g/mol. The minimum atomic E-state index is 0. The fourth-order valence-corrected chi connectivity index (χ4v) is 0. The van der Waals surface area contributed by atoms with Crippen LogP contribution in [0.1, 0.15) is 0 Å². The number of hydrogen-bond acceptors (Lipinski definition) is 1. The zero-order valence-electron chi connectivity index (χ0n) is 2.16. The third-order valence-electron chi connectivity index (χ3n) is 0. The van der Waals surface area contributed by atoms with Gasteiger partial charge in [-0.05, 0) is 21.4 Å². The monoisotopic (exact) mass is 170 g/mol. The molecule has 0 heterocycles. The molecule has 0 amide bonds. The second kappa shape index (κ2) is 17.4. The zero-order chi connectivity index (χ0) is 2.71. The van der Waals surface area contributed by atoms with Gasteiger partial charge in [0.2, 0.25) is 0 Å². The Morgan fingerprint density at radius 2 is 1.00 bits per heavy atom. The summed E-state index contributed by atoms with van der Waals surface area (Å²) >= 11 is 0. The number of rotatable bonds is 0. The van der Waals surface area contributed by atoms with Crippen LogP contribution >= 0.6 is 58.5 Å². The maximum atomic E-state index is 4.68. The van der Waals surface area contributed by atoms with Gasteiger partial charge in [-0.1, -0.05) is 0 Å². The van der Waals surface area contributed by atoms with Crippen molar-refractivity contribution >= 4 is 58.5 Å². The van der Waals surface area contributed by atoms with Crippen LogP contribution in [-0.2, 0) is 0 Å². The quantitative estimate of drug-likeness (QED) is 0.538. The van der Waals surface area contributed by atoms with Crippen molar-refractivity contribution in [3.05, 3.63) is 0 Å². The largest absolute Gasteiger partial charge is 0.197 e. The molecule has 0 aromatic heterocycles. The Hall–Kier alpha value is 1.63. The van der Waals surface area contributed by atoms with Crippen LogP contribution in [0, 0.1) is 0 Å². The molecule has 0 bridgehead atoms. The molecule has 0 saturated carbocycles. The average molecular weight is 171 g/mol. The molecule has 0 fully saturated rings. The minimum Gasteiger partial charge on any atom is -0.197 e. The summed E-state index contributed by atoms with van der Waals surface area (Å²) in [5.74, 6) is 0. The molecule has 0 aromatic carbocycles. The standard InChI is InChI=1S/Cl2S.2H2S/c1-3-2;;/h;2*1H2. The molecule has 0 nitrogen and oxygen atoms in total. The summed E-state index contributed by atoms with van der Waals surface area (Å²) in [5.41, 5.74) is 0. The highest BCUT2D eigenvalue weighted by Crippen LogP contribution is 2.08. The van der Waals surface area contributed by atoms with Gasteiger partial charge in [0.1, 0.15) is 0 Å². The Kier molecular flexibility index (Phi) is 55.7. The summed E-state index contributed by atoms with van der Waals surface area (Å²) in [7, 11) is 10.1. The maximum Gasteiger partial charge on any atom is 0.0523 e. The van der Waals surface area contributed by atoms with Gasteiger partial charge in [0.25, 0.3) is 0 Å². The van der Waals surface area contributed by atoms with Crippen LogP contribution in [0.5, 0.6) is 0 Å². The van der Waals surface area contributed by atoms with Crippen LogP contribution in [-0.4, -0.2) is 0 Å². The highest BCUT2D eigenvalue weighted by molar-refractivity contribution is 8.38. The Morgan fingerprint density at radius 3 is 1.00 bits per heavy atom. The summed E-state index contributed by atoms with van der Waals surface area (Å²) in [6.45, 7) is 0. The summed E-state index contributed by atoms with van der Waals surface area (Å²) in [6.07, 6.45) is 0. The van der Waals surface area contributed by atoms with Crippen molar-refractivity contribution in [3.63, 3.8) is 0 Å². The van der Waals surface area contributed by atoms with Crippen molar-refractivity contribution < 1.29 is 0 Å². The van der Waals surface area contributed by atoms with E-state index >= 15 is 0 Å². The van der Waals surface area contributed by atoms with Gasteiger partial charge < -0.3 is 0 Å². The van der Waals surface area contributed by atoms with Gasteiger partial charge in [0, 0.05) is 0 Å². The van der Waals surface area contributed by atoms with E-state index in [1.807, 2.05) is 0 Å². The van der Waals surface area contributed by atoms with Crippen molar-refractivity contribution in [1.82, 2.24) is 0 Å². The fourth-order valence-electron chi connectivity index (χ4n) is 0. The molecule has 0 saturated heterocycles. The molecule has 5 heteroatoms. The van der Waals surface area contributed by atoms with Gasteiger partial charge in [0.15, 0.2) is 0 Å². The third kappa shape index (κ3) is 27.9. The molecule has 0 aliphatic rings. The second-order valence-electron chi connectivity index (χ2n) is 0.0583. The lowest BCUT2D eigenvalue weighted by Crippen LogP contribution is -0.745. The van der Waals surface area contributed by atoms with Gasteiger partial charge in [0.05, 0.1) is 10.2 Å². The first-order valence-corrected chi connectivity index (χ1v) is 2.78. The fraction of sp³-hybridized carbons (Fsp3) is 0. The predicted octanol–water partition coefficient (Wildman–Crippen LogP) is 2.25. The molecule has 0 spiro atoms. The minimum absolute atomic E-state index is 0. The van der Waals surface area contributed by atoms with Crippen molar-refractivity contribution in [2.45, 2.75) is 0 Å². The molecule has 0 unspecified atom stereocenters. The van der Waals surface area contributed by atoms with Gasteiger partial charge in [-0.3, -0.25) is 0 Å². The van der Waals surface area contributed by atoms with Crippen LogP contribution in [0.15, 0.2) is 0 Å². The van der Waals surface area contributed by atoms with Crippen LogP contribution in [0.2, 0.25) is 0 Å². The van der Waals surface area contributed by atoms with Gasteiger partial charge >= 0.3 is 0 Å². The lowest BCUT2D eigenvalue weighted by molar-refractivity contribution is 5.06. The first-order valence-electron chi connectivity index (χ1n) is 0.309. The molecular formula is H4Cl2S3. The van der Waals surface area contributed by atoms with Crippen LogP contribution in [0.4, 0.5) is 0 Å². The molecule has 36 valence electrons. The third-order valence-corrected chi connectivity index (χ3v) is 0. The van der Waals surface area contributed by atoms with E-state index in [4.69, 9.17) is 0 Å². The van der Waals surface area contributed by atoms with E-state index in [0.29, 0.717) is 10.2 Å². The smallest absolute Gasteiger partial charge is 0.0523 e. The number of hydrogen-bond donors (Lipinski definition) is 0. The highest BCUT2D eigenvalue weighted by Gasteiger charge is 1.43. The summed E-state index contributed by atoms with van der Waals surface area (Å²) < 4.78 is 0. The molecule has 0 aliphatic carbocycles. The molecule has 5 heavy (non-hydrogen) atoms. The van der Waals surface area contributed by atoms with Crippen LogP contribution in [0.25, 0.3) is 0 Å². The predicted molar refractivity (Wildman–Crippen MR) is 40.1 cm³/mol. The molecule has 0 atom stereocenters. The molecule has 0 aromatic rings. The summed E-state index contributed by atoms with van der Waals surface area (Å²) in [6, 6.07) is 0. The van der Waals surface area contributed by atoms with E-state index in [0.717, 1.165) is 0 Å². The van der Waals surface area contributed by atoms with Crippen molar-refractivity contribution in [3.8, 4) is 0 Å². The van der Waals surface area contributed by atoms with Gasteiger partial charge in [-0.15, -0.1) is 0 Å². The van der Waals surface area contributed by atoms with Crippen molar-refractivity contribution in [1.29, 1.82) is 0 Å². The normalized spacial score (nSPS) is 3.60. The molecule has 0 aliphatic heterocycles. The van der Waals surface area contributed by atoms with Gasteiger partial charge in [-0.2, -0.15) is 27.0 Å². The first kappa shape index (κ1) is 15.9. The summed E-state index contributed by atoms with van der Waals surface area (Å²) in [5, 5.41) is 0. The SMILES string of the molecule is ClSCl.S.S. The van der Waals surface area contributed by atoms with E-state index < -0.39 is 0 Å². The molecule has 0 radical (unpaired) electrons. The van der Waals surface area contributed by atoms with E-state index in [1.54, 1.807) is 0 Å². The van der Waals surface area contributed by atoms with Crippen molar-refractivity contribution in [2.75, 3.05) is 0 Å². The number of halogens is 2. The van der Waals surface area contributed by atoms with Gasteiger partial charge in [-0.25, -0.2) is 0 Å². The Morgan fingerprint density at radius 1 is 1.00 bits per heavy atom. The highest BCUT2D eigenvalue weighted by atomic mass is 36.0. The maximum absolute atomic E-state index is 4.68. The van der Waals surface area contributed by atoms with E-state index in [2.05, 4.69) is 21.4 Å². The van der Waals surface area contributed by atoms with Crippen LogP contribution in [0.3, 0.4) is 0 Å². The Labute approximate surface area is 58.5 Å². The Balaban J connectivity index is -0.0000000200. The lowest BCUT2D eigenvalue weighted by atomic mass is 31.6. The van der Waals surface area contributed by atoms with E-state index in [1.165, 1.54) is 0 Å². The second-order valence-corrected chi connectivity index (χ2v) is 1.57. The lowest BCUT2D eigenvalue weighted by Gasteiger charge is -1.40. The van der Waals surface area contributed by atoms with E-state index in [9.17, 15) is 0 Å². The zero-order valence-corrected chi connectivity index (χ0v) is 6.49. The van der Waals surface area contributed by atoms with Crippen LogP contribution < -0.4 is 0 Å². The average Bonchev–Trinajstić information content (AvgIpc) is 0.918. The Bertz CT molecular complexity index is 4.85. The molecule has 0 rings (SSSR count). The molecule has 0 N–H and O–H groups in total.